The van der Waals surface area contributed by atoms with Crippen molar-refractivity contribution in [3.63, 3.8) is 0 Å². The lowest BCUT2D eigenvalue weighted by Crippen LogP contribution is -2.45. The van der Waals surface area contributed by atoms with Crippen molar-refractivity contribution in [3.8, 4) is 0 Å². The number of amides is 2. The summed E-state index contributed by atoms with van der Waals surface area (Å²) in [7, 11) is -3.53. The second-order valence-electron chi connectivity index (χ2n) is 8.41. The smallest absolute Gasteiger partial charge is 0.317 e. The van der Waals surface area contributed by atoms with Gasteiger partial charge in [-0.2, -0.15) is 4.31 Å². The zero-order valence-corrected chi connectivity index (χ0v) is 19.7. The van der Waals surface area contributed by atoms with E-state index in [9.17, 15) is 13.2 Å². The molecule has 1 N–H and O–H groups in total. The van der Waals surface area contributed by atoms with Gasteiger partial charge < -0.3 is 10.2 Å². The molecule has 0 atom stereocenters. The molecule has 0 unspecified atom stereocenters. The number of benzene rings is 1. The maximum Gasteiger partial charge on any atom is 0.317 e. The minimum Gasteiger partial charge on any atom is -0.338 e. The first kappa shape index (κ1) is 23.5. The molecule has 0 bridgehead atoms. The second kappa shape index (κ2) is 9.95. The molecule has 9 nitrogen and oxygen atoms in total. The molecule has 10 heteroatoms. The topological polar surface area (TPSA) is 100 Å². The van der Waals surface area contributed by atoms with Crippen LogP contribution in [0.15, 0.2) is 23.1 Å². The SMILES string of the molecule is CCN(CC)S(=O)(=O)c1ccc2c(c1)nnn2C1CCN(C(=O)NCCC(C)C)CC1. The number of fused-ring (bicyclic) bond motifs is 1. The van der Waals surface area contributed by atoms with E-state index >= 15 is 0 Å². The number of carbonyl (C=O) groups excluding carboxylic acids is 1. The van der Waals surface area contributed by atoms with Gasteiger partial charge in [-0.25, -0.2) is 17.9 Å². The molecule has 0 aliphatic carbocycles. The van der Waals surface area contributed by atoms with Crippen LogP contribution < -0.4 is 5.32 Å². The second-order valence-corrected chi connectivity index (χ2v) is 10.3. The summed E-state index contributed by atoms with van der Waals surface area (Å²) < 4.78 is 28.9. The highest BCUT2D eigenvalue weighted by atomic mass is 32.2. The molecule has 1 saturated heterocycles. The lowest BCUT2D eigenvalue weighted by atomic mass is 10.1. The van der Waals surface area contributed by atoms with Gasteiger partial charge in [0, 0.05) is 32.7 Å². The number of urea groups is 1. The lowest BCUT2D eigenvalue weighted by molar-refractivity contribution is 0.169. The number of hydrogen-bond donors (Lipinski definition) is 1. The van der Waals surface area contributed by atoms with Gasteiger partial charge in [0.25, 0.3) is 0 Å². The summed E-state index contributed by atoms with van der Waals surface area (Å²) in [6, 6.07) is 5.15. The molecule has 172 valence electrons. The minimum absolute atomic E-state index is 0.00574. The normalized spacial score (nSPS) is 15.9. The fourth-order valence-corrected chi connectivity index (χ4v) is 5.44. The van der Waals surface area contributed by atoms with Crippen LogP contribution >= 0.6 is 0 Å². The van der Waals surface area contributed by atoms with Crippen molar-refractivity contribution in [2.75, 3.05) is 32.7 Å². The van der Waals surface area contributed by atoms with E-state index in [2.05, 4.69) is 29.5 Å². The largest absolute Gasteiger partial charge is 0.338 e. The van der Waals surface area contributed by atoms with Crippen LogP contribution in [0, 0.1) is 5.92 Å². The average molecular weight is 451 g/mol. The van der Waals surface area contributed by atoms with Gasteiger partial charge in [0.2, 0.25) is 10.0 Å². The van der Waals surface area contributed by atoms with Gasteiger partial charge in [0.05, 0.1) is 16.5 Å². The van der Waals surface area contributed by atoms with Crippen molar-refractivity contribution in [1.29, 1.82) is 0 Å². The summed E-state index contributed by atoms with van der Waals surface area (Å²) in [5, 5.41) is 11.5. The average Bonchev–Trinajstić information content (AvgIpc) is 3.17. The van der Waals surface area contributed by atoms with Crippen molar-refractivity contribution in [2.45, 2.75) is 57.9 Å². The molecule has 31 heavy (non-hydrogen) atoms. The van der Waals surface area contributed by atoms with Crippen molar-refractivity contribution in [3.05, 3.63) is 18.2 Å². The summed E-state index contributed by atoms with van der Waals surface area (Å²) in [6.45, 7) is 10.8. The van der Waals surface area contributed by atoms with E-state index in [1.165, 1.54) is 4.31 Å². The van der Waals surface area contributed by atoms with Crippen molar-refractivity contribution < 1.29 is 13.2 Å². The van der Waals surface area contributed by atoms with Gasteiger partial charge in [-0.3, -0.25) is 0 Å². The molecule has 0 spiro atoms. The fourth-order valence-electron chi connectivity index (χ4n) is 3.96. The van der Waals surface area contributed by atoms with Crippen LogP contribution in [0.3, 0.4) is 0 Å². The zero-order valence-electron chi connectivity index (χ0n) is 18.9. The third-order valence-electron chi connectivity index (χ3n) is 5.88. The number of carbonyl (C=O) groups is 1. The van der Waals surface area contributed by atoms with Crippen LogP contribution in [0.5, 0.6) is 0 Å². The Balaban J connectivity index is 1.68. The Hall–Kier alpha value is -2.20. The van der Waals surface area contributed by atoms with Crippen LogP contribution in [-0.2, 0) is 10.0 Å². The molecule has 1 aliphatic rings. The Labute approximate surface area is 184 Å². The summed E-state index contributed by atoms with van der Waals surface area (Å²) in [5.74, 6) is 0.564. The van der Waals surface area contributed by atoms with Crippen molar-refractivity contribution >= 4 is 27.1 Å². The van der Waals surface area contributed by atoms with Gasteiger partial charge >= 0.3 is 6.03 Å². The Bertz CT molecular complexity index is 992. The highest BCUT2D eigenvalue weighted by Crippen LogP contribution is 2.27. The van der Waals surface area contributed by atoms with Crippen molar-refractivity contribution in [1.82, 2.24) is 29.5 Å². The lowest BCUT2D eigenvalue weighted by Gasteiger charge is -2.32. The molecule has 2 aromatic rings. The maximum absolute atomic E-state index is 12.8. The minimum atomic E-state index is -3.53. The van der Waals surface area contributed by atoms with E-state index in [1.807, 2.05) is 23.4 Å². The molecular weight excluding hydrogens is 416 g/mol. The fraction of sp³-hybridized carbons (Fsp3) is 0.667. The Morgan fingerprint density at radius 3 is 2.52 bits per heavy atom. The summed E-state index contributed by atoms with van der Waals surface area (Å²) in [6.07, 6.45) is 2.55. The number of hydrogen-bond acceptors (Lipinski definition) is 5. The molecule has 1 aromatic carbocycles. The van der Waals surface area contributed by atoms with Crippen LogP contribution in [-0.4, -0.2) is 71.4 Å². The summed E-state index contributed by atoms with van der Waals surface area (Å²) >= 11 is 0. The first-order chi connectivity index (χ1) is 14.8. The van der Waals surface area contributed by atoms with E-state index in [-0.39, 0.29) is 17.0 Å². The van der Waals surface area contributed by atoms with Crippen LogP contribution in [0.1, 0.15) is 53.0 Å². The molecule has 1 aromatic heterocycles. The Kier molecular flexibility index (Phi) is 7.53. The van der Waals surface area contributed by atoms with E-state index < -0.39 is 10.0 Å². The number of piperidine rings is 1. The predicted octanol–water partition coefficient (Wildman–Crippen LogP) is 2.85. The molecule has 0 saturated carbocycles. The quantitative estimate of drug-likeness (QED) is 0.666. The third kappa shape index (κ3) is 5.17. The molecule has 3 rings (SSSR count). The Morgan fingerprint density at radius 2 is 1.90 bits per heavy atom. The molecule has 2 amide bonds. The predicted molar refractivity (Wildman–Crippen MR) is 120 cm³/mol. The zero-order chi connectivity index (χ0) is 22.6. The van der Waals surface area contributed by atoms with E-state index in [4.69, 9.17) is 0 Å². The van der Waals surface area contributed by atoms with Crippen molar-refractivity contribution in [2.24, 2.45) is 5.92 Å². The first-order valence-corrected chi connectivity index (χ1v) is 12.6. The summed E-state index contributed by atoms with van der Waals surface area (Å²) in [5.41, 5.74) is 1.39. The van der Waals surface area contributed by atoms with E-state index in [0.29, 0.717) is 44.2 Å². The first-order valence-electron chi connectivity index (χ1n) is 11.2. The molecule has 2 heterocycles. The molecule has 1 aliphatic heterocycles. The summed E-state index contributed by atoms with van der Waals surface area (Å²) in [4.78, 5) is 14.4. The maximum atomic E-state index is 12.8. The highest BCUT2D eigenvalue weighted by molar-refractivity contribution is 7.89. The number of rotatable bonds is 8. The molecule has 0 radical (unpaired) electrons. The van der Waals surface area contributed by atoms with Gasteiger partial charge in [0.1, 0.15) is 5.52 Å². The van der Waals surface area contributed by atoms with Gasteiger partial charge in [-0.1, -0.05) is 32.9 Å². The Morgan fingerprint density at radius 1 is 1.23 bits per heavy atom. The number of sulfonamides is 1. The molecule has 1 fully saturated rings. The van der Waals surface area contributed by atoms with Gasteiger partial charge in [0.15, 0.2) is 0 Å². The number of nitrogens with one attached hydrogen (secondary N) is 1. The van der Waals surface area contributed by atoms with Crippen LogP contribution in [0.4, 0.5) is 4.79 Å². The van der Waals surface area contributed by atoms with Gasteiger partial charge in [-0.15, -0.1) is 5.10 Å². The third-order valence-corrected chi connectivity index (χ3v) is 7.93. The van der Waals surface area contributed by atoms with E-state index in [0.717, 1.165) is 24.8 Å². The monoisotopic (exact) mass is 450 g/mol. The number of aromatic nitrogens is 3. The number of likely N-dealkylation sites (tertiary alicyclic amines) is 1. The number of nitrogens with zero attached hydrogens (tertiary/aromatic N) is 5. The van der Waals surface area contributed by atoms with Gasteiger partial charge in [-0.05, 0) is 43.4 Å². The standard InChI is InChI=1S/C21H34N6O3S/c1-5-26(6-2)31(29,30)18-7-8-20-19(15-18)23-24-27(20)17-10-13-25(14-11-17)21(28)22-12-9-16(3)4/h7-8,15-17H,5-6,9-14H2,1-4H3,(H,22,28). The highest BCUT2D eigenvalue weighted by Gasteiger charge is 2.27. The van der Waals surface area contributed by atoms with Crippen LogP contribution in [0.2, 0.25) is 0 Å². The molecular formula is C21H34N6O3S. The van der Waals surface area contributed by atoms with Crippen LogP contribution in [0.25, 0.3) is 11.0 Å². The van der Waals surface area contributed by atoms with E-state index in [1.54, 1.807) is 18.2 Å².